The van der Waals surface area contributed by atoms with Crippen LogP contribution in [0.25, 0.3) is 10.9 Å². The minimum absolute atomic E-state index is 0.154. The van der Waals surface area contributed by atoms with Crippen molar-refractivity contribution in [2.24, 2.45) is 11.6 Å². The third kappa shape index (κ3) is 3.76. The van der Waals surface area contributed by atoms with Gasteiger partial charge in [0.15, 0.2) is 11.6 Å². The maximum atomic E-state index is 6.29. The second-order valence-electron chi connectivity index (χ2n) is 6.94. The Hall–Kier alpha value is -2.97. The van der Waals surface area contributed by atoms with Crippen LogP contribution in [0.15, 0.2) is 42.7 Å². The molecule has 0 bridgehead atoms. The van der Waals surface area contributed by atoms with Crippen molar-refractivity contribution in [3.63, 3.8) is 0 Å². The van der Waals surface area contributed by atoms with Gasteiger partial charge in [-0.2, -0.15) is 0 Å². The van der Waals surface area contributed by atoms with Crippen LogP contribution in [-0.4, -0.2) is 34.1 Å². The van der Waals surface area contributed by atoms with Gasteiger partial charge in [-0.3, -0.25) is 9.99 Å². The Morgan fingerprint density at radius 2 is 2.11 bits per heavy atom. The van der Waals surface area contributed by atoms with Crippen molar-refractivity contribution >= 4 is 28.4 Å². The fraction of sp³-hybridized carbons (Fsp3) is 0.316. The summed E-state index contributed by atoms with van der Waals surface area (Å²) in [6.07, 6.45) is 5.55. The van der Waals surface area contributed by atoms with Crippen molar-refractivity contribution in [2.45, 2.75) is 25.4 Å². The molecule has 1 aliphatic rings. The summed E-state index contributed by atoms with van der Waals surface area (Å²) in [5, 5.41) is 2.60. The van der Waals surface area contributed by atoms with Gasteiger partial charge < -0.3 is 16.4 Å². The summed E-state index contributed by atoms with van der Waals surface area (Å²) in [7, 11) is 0. The van der Waals surface area contributed by atoms with Crippen molar-refractivity contribution < 1.29 is 0 Å². The van der Waals surface area contributed by atoms with Crippen molar-refractivity contribution in [2.75, 3.05) is 28.7 Å². The highest BCUT2D eigenvalue weighted by atomic mass is 15.4. The van der Waals surface area contributed by atoms with E-state index in [-0.39, 0.29) is 6.04 Å². The SMILES string of the molecule is Nc1ncc(N2CCC[C@H](N)C2)nc1N(N)Cc1ccc2ncccc2c1. The number of pyridine rings is 1. The summed E-state index contributed by atoms with van der Waals surface area (Å²) in [6, 6.07) is 10.2. The van der Waals surface area contributed by atoms with E-state index >= 15 is 0 Å². The number of piperidine rings is 1. The average molecular weight is 364 g/mol. The first kappa shape index (κ1) is 17.4. The van der Waals surface area contributed by atoms with Crippen LogP contribution in [0.3, 0.4) is 0 Å². The van der Waals surface area contributed by atoms with Gasteiger partial charge in [0.1, 0.15) is 5.82 Å². The van der Waals surface area contributed by atoms with E-state index in [2.05, 4.69) is 25.9 Å². The summed E-state index contributed by atoms with van der Waals surface area (Å²) in [6.45, 7) is 2.14. The van der Waals surface area contributed by atoms with E-state index in [1.807, 2.05) is 24.3 Å². The summed E-state index contributed by atoms with van der Waals surface area (Å²) < 4.78 is 0. The molecule has 8 nitrogen and oxygen atoms in total. The Labute approximate surface area is 158 Å². The predicted octanol–water partition coefficient (Wildman–Crippen LogP) is 1.41. The molecule has 0 radical (unpaired) electrons. The largest absolute Gasteiger partial charge is 0.381 e. The number of hydrogen-bond donors (Lipinski definition) is 3. The van der Waals surface area contributed by atoms with Gasteiger partial charge in [0.2, 0.25) is 0 Å². The summed E-state index contributed by atoms with van der Waals surface area (Å²) >= 11 is 0. The van der Waals surface area contributed by atoms with Crippen LogP contribution >= 0.6 is 0 Å². The van der Waals surface area contributed by atoms with E-state index in [1.165, 1.54) is 5.01 Å². The number of hydrazine groups is 1. The van der Waals surface area contributed by atoms with Crippen molar-refractivity contribution in [1.29, 1.82) is 0 Å². The number of fused-ring (bicyclic) bond motifs is 1. The third-order valence-electron chi connectivity index (χ3n) is 4.84. The molecule has 6 N–H and O–H groups in total. The summed E-state index contributed by atoms with van der Waals surface area (Å²) in [5.74, 6) is 7.83. The number of nitrogen functional groups attached to an aromatic ring is 1. The number of rotatable bonds is 4. The van der Waals surface area contributed by atoms with Crippen LogP contribution < -0.4 is 27.2 Å². The molecule has 1 fully saturated rings. The minimum atomic E-state index is 0.154. The molecule has 4 rings (SSSR count). The van der Waals surface area contributed by atoms with Crippen LogP contribution in [0.4, 0.5) is 17.5 Å². The number of nitrogens with two attached hydrogens (primary N) is 3. The normalized spacial score (nSPS) is 17.3. The van der Waals surface area contributed by atoms with E-state index in [1.54, 1.807) is 12.4 Å². The van der Waals surface area contributed by atoms with Gasteiger partial charge in [-0.25, -0.2) is 15.8 Å². The molecule has 1 saturated heterocycles. The topological polar surface area (TPSA) is 123 Å². The molecular weight excluding hydrogens is 340 g/mol. The number of hydrogen-bond acceptors (Lipinski definition) is 8. The summed E-state index contributed by atoms with van der Waals surface area (Å²) in [4.78, 5) is 15.4. The molecule has 8 heteroatoms. The lowest BCUT2D eigenvalue weighted by atomic mass is 10.1. The minimum Gasteiger partial charge on any atom is -0.381 e. The Kier molecular flexibility index (Phi) is 4.74. The standard InChI is InChI=1S/C19H24N8/c20-15-4-2-8-26(12-15)17-10-24-18(21)19(25-17)27(22)11-13-5-6-16-14(9-13)3-1-7-23-16/h1,3,5-7,9-10,15H,2,4,8,11-12,20,22H2,(H2,21,24)/t15-/m0/s1. The first-order chi connectivity index (χ1) is 13.1. The smallest absolute Gasteiger partial charge is 0.188 e. The van der Waals surface area contributed by atoms with Crippen LogP contribution in [0.1, 0.15) is 18.4 Å². The van der Waals surface area contributed by atoms with Crippen LogP contribution in [0.2, 0.25) is 0 Å². The number of aromatic nitrogens is 3. The van der Waals surface area contributed by atoms with Gasteiger partial charge in [-0.05, 0) is 36.6 Å². The number of nitrogens with zero attached hydrogens (tertiary/aromatic N) is 5. The predicted molar refractivity (Wildman–Crippen MR) is 108 cm³/mol. The van der Waals surface area contributed by atoms with Crippen molar-refractivity contribution in [3.05, 3.63) is 48.3 Å². The van der Waals surface area contributed by atoms with E-state index in [0.717, 1.165) is 48.2 Å². The highest BCUT2D eigenvalue weighted by Gasteiger charge is 2.20. The van der Waals surface area contributed by atoms with Gasteiger partial charge in [0, 0.05) is 30.7 Å². The molecule has 0 amide bonds. The Morgan fingerprint density at radius 1 is 1.22 bits per heavy atom. The van der Waals surface area contributed by atoms with Crippen LogP contribution in [-0.2, 0) is 6.54 Å². The van der Waals surface area contributed by atoms with E-state index < -0.39 is 0 Å². The Balaban J connectivity index is 1.56. The first-order valence-corrected chi connectivity index (χ1v) is 9.09. The molecule has 3 heterocycles. The van der Waals surface area contributed by atoms with Crippen molar-refractivity contribution in [1.82, 2.24) is 15.0 Å². The molecule has 140 valence electrons. The quantitative estimate of drug-likeness (QED) is 0.469. The lowest BCUT2D eigenvalue weighted by Gasteiger charge is -2.32. The maximum Gasteiger partial charge on any atom is 0.188 e. The highest BCUT2D eigenvalue weighted by molar-refractivity contribution is 5.79. The number of anilines is 3. The van der Waals surface area contributed by atoms with E-state index in [0.29, 0.717) is 18.2 Å². The number of benzene rings is 1. The van der Waals surface area contributed by atoms with Crippen molar-refractivity contribution in [3.8, 4) is 0 Å². The van der Waals surface area contributed by atoms with E-state index in [9.17, 15) is 0 Å². The fourth-order valence-electron chi connectivity index (χ4n) is 3.46. The Bertz CT molecular complexity index is 944. The zero-order valence-electron chi connectivity index (χ0n) is 15.1. The van der Waals surface area contributed by atoms with Gasteiger partial charge in [-0.15, -0.1) is 0 Å². The highest BCUT2D eigenvalue weighted by Crippen LogP contribution is 2.24. The molecule has 1 aliphatic heterocycles. The van der Waals surface area contributed by atoms with Crippen LogP contribution in [0.5, 0.6) is 0 Å². The zero-order valence-corrected chi connectivity index (χ0v) is 15.1. The first-order valence-electron chi connectivity index (χ1n) is 9.09. The van der Waals surface area contributed by atoms with Gasteiger partial charge in [0.25, 0.3) is 0 Å². The molecule has 0 aliphatic carbocycles. The third-order valence-corrected chi connectivity index (χ3v) is 4.84. The molecular formula is C19H24N8. The fourth-order valence-corrected chi connectivity index (χ4v) is 3.46. The lowest BCUT2D eigenvalue weighted by Crippen LogP contribution is -2.43. The molecule has 0 unspecified atom stereocenters. The van der Waals surface area contributed by atoms with Crippen LogP contribution in [0, 0.1) is 0 Å². The Morgan fingerprint density at radius 3 is 2.96 bits per heavy atom. The summed E-state index contributed by atoms with van der Waals surface area (Å²) in [5.41, 5.74) is 14.1. The molecule has 0 spiro atoms. The lowest BCUT2D eigenvalue weighted by molar-refractivity contribution is 0.503. The molecule has 0 saturated carbocycles. The second kappa shape index (κ2) is 7.34. The average Bonchev–Trinajstić information content (AvgIpc) is 2.68. The molecule has 1 atom stereocenters. The second-order valence-corrected chi connectivity index (χ2v) is 6.94. The van der Waals surface area contributed by atoms with Gasteiger partial charge in [-0.1, -0.05) is 12.1 Å². The monoisotopic (exact) mass is 364 g/mol. The molecule has 1 aromatic carbocycles. The molecule has 27 heavy (non-hydrogen) atoms. The molecule has 3 aromatic rings. The molecule has 2 aromatic heterocycles. The maximum absolute atomic E-state index is 6.29. The zero-order chi connectivity index (χ0) is 18.8. The van der Waals surface area contributed by atoms with Gasteiger partial charge >= 0.3 is 0 Å². The van der Waals surface area contributed by atoms with Gasteiger partial charge in [0.05, 0.1) is 18.3 Å². The van der Waals surface area contributed by atoms with E-state index in [4.69, 9.17) is 17.3 Å².